The highest BCUT2D eigenvalue weighted by Crippen LogP contribution is 2.23. The van der Waals surface area contributed by atoms with E-state index < -0.39 is 10.0 Å². The number of sulfonamides is 1. The lowest BCUT2D eigenvalue weighted by Gasteiger charge is -2.07. The molecule has 0 fully saturated rings. The van der Waals surface area contributed by atoms with Gasteiger partial charge in [-0.2, -0.15) is 0 Å². The number of hydrogen-bond donors (Lipinski definition) is 2. The molecule has 0 atom stereocenters. The van der Waals surface area contributed by atoms with Crippen LogP contribution in [0.5, 0.6) is 0 Å². The van der Waals surface area contributed by atoms with Gasteiger partial charge in [0.25, 0.3) is 0 Å². The molecule has 0 saturated carbocycles. The number of hydrogen-bond acceptors (Lipinski definition) is 4. The Morgan fingerprint density at radius 3 is 2.56 bits per heavy atom. The summed E-state index contributed by atoms with van der Waals surface area (Å²) < 4.78 is 24.8. The fourth-order valence-corrected chi connectivity index (χ4v) is 2.16. The fraction of sp³-hybridized carbons (Fsp3) is 0.0833. The standard InChI is InChI=1S/C12H13N3O2S/c1-18(16,17)15-11-4-2-3-9(7-11)10-5-6-14-12(13)8-10/h2-8,15H,1H3,(H2,13,14). The van der Waals surface area contributed by atoms with E-state index in [1.54, 1.807) is 30.5 Å². The maximum absolute atomic E-state index is 11.2. The maximum Gasteiger partial charge on any atom is 0.229 e. The molecular weight excluding hydrogens is 250 g/mol. The zero-order chi connectivity index (χ0) is 13.2. The van der Waals surface area contributed by atoms with E-state index in [1.165, 1.54) is 0 Å². The zero-order valence-corrected chi connectivity index (χ0v) is 10.6. The minimum Gasteiger partial charge on any atom is -0.384 e. The fourth-order valence-electron chi connectivity index (χ4n) is 1.60. The topological polar surface area (TPSA) is 85.1 Å². The Labute approximate surface area is 106 Å². The third-order valence-electron chi connectivity index (χ3n) is 2.28. The van der Waals surface area contributed by atoms with Crippen LogP contribution in [-0.4, -0.2) is 19.7 Å². The predicted molar refractivity (Wildman–Crippen MR) is 72.6 cm³/mol. The van der Waals surface area contributed by atoms with Crippen LogP contribution < -0.4 is 10.5 Å². The van der Waals surface area contributed by atoms with Crippen LogP contribution in [0.15, 0.2) is 42.6 Å². The number of aromatic nitrogens is 1. The molecule has 0 unspecified atom stereocenters. The first-order chi connectivity index (χ1) is 8.44. The average molecular weight is 263 g/mol. The first-order valence-corrected chi connectivity index (χ1v) is 7.13. The lowest BCUT2D eigenvalue weighted by Crippen LogP contribution is -2.09. The Hall–Kier alpha value is -2.08. The molecule has 0 radical (unpaired) electrons. The van der Waals surface area contributed by atoms with Gasteiger partial charge in [0, 0.05) is 11.9 Å². The van der Waals surface area contributed by atoms with Crippen molar-refractivity contribution >= 4 is 21.5 Å². The maximum atomic E-state index is 11.2. The summed E-state index contributed by atoms with van der Waals surface area (Å²) in [6, 6.07) is 10.6. The second-order valence-electron chi connectivity index (χ2n) is 3.92. The summed E-state index contributed by atoms with van der Waals surface area (Å²) >= 11 is 0. The normalized spacial score (nSPS) is 11.2. The summed E-state index contributed by atoms with van der Waals surface area (Å²) in [6.45, 7) is 0. The van der Waals surface area contributed by atoms with Gasteiger partial charge in [-0.15, -0.1) is 0 Å². The van der Waals surface area contributed by atoms with E-state index in [2.05, 4.69) is 9.71 Å². The van der Waals surface area contributed by atoms with Crippen LogP contribution >= 0.6 is 0 Å². The van der Waals surface area contributed by atoms with Crippen LogP contribution in [0, 0.1) is 0 Å². The molecule has 6 heteroatoms. The summed E-state index contributed by atoms with van der Waals surface area (Å²) in [6.07, 6.45) is 2.73. The summed E-state index contributed by atoms with van der Waals surface area (Å²) in [4.78, 5) is 3.91. The van der Waals surface area contributed by atoms with E-state index in [1.807, 2.05) is 12.1 Å². The van der Waals surface area contributed by atoms with Crippen molar-refractivity contribution in [2.75, 3.05) is 16.7 Å². The molecule has 18 heavy (non-hydrogen) atoms. The van der Waals surface area contributed by atoms with E-state index in [0.29, 0.717) is 11.5 Å². The molecule has 2 rings (SSSR count). The quantitative estimate of drug-likeness (QED) is 0.882. The van der Waals surface area contributed by atoms with Gasteiger partial charge in [0.15, 0.2) is 0 Å². The summed E-state index contributed by atoms with van der Waals surface area (Å²) in [5.74, 6) is 0.425. The van der Waals surface area contributed by atoms with Crippen LogP contribution in [-0.2, 0) is 10.0 Å². The van der Waals surface area contributed by atoms with Crippen molar-refractivity contribution in [1.82, 2.24) is 4.98 Å². The summed E-state index contributed by atoms with van der Waals surface area (Å²) in [7, 11) is -3.27. The second-order valence-corrected chi connectivity index (χ2v) is 5.67. The van der Waals surface area contributed by atoms with Crippen molar-refractivity contribution in [3.63, 3.8) is 0 Å². The van der Waals surface area contributed by atoms with Crippen molar-refractivity contribution in [3.05, 3.63) is 42.6 Å². The molecule has 1 aromatic carbocycles. The van der Waals surface area contributed by atoms with E-state index in [-0.39, 0.29) is 0 Å². The molecule has 0 aliphatic heterocycles. The van der Waals surface area contributed by atoms with E-state index in [4.69, 9.17) is 5.73 Å². The highest BCUT2D eigenvalue weighted by molar-refractivity contribution is 7.92. The largest absolute Gasteiger partial charge is 0.384 e. The summed E-state index contributed by atoms with van der Waals surface area (Å²) in [5, 5.41) is 0. The number of anilines is 2. The van der Waals surface area contributed by atoms with Crippen molar-refractivity contribution in [3.8, 4) is 11.1 Å². The first-order valence-electron chi connectivity index (χ1n) is 5.24. The van der Waals surface area contributed by atoms with Crippen molar-refractivity contribution in [2.24, 2.45) is 0 Å². The number of nitrogens with two attached hydrogens (primary N) is 1. The molecule has 0 spiro atoms. The number of nitrogens with zero attached hydrogens (tertiary/aromatic N) is 1. The number of pyridine rings is 1. The molecule has 0 saturated heterocycles. The number of rotatable bonds is 3. The third-order valence-corrected chi connectivity index (χ3v) is 2.89. The number of nitrogens with one attached hydrogen (secondary N) is 1. The van der Waals surface area contributed by atoms with Gasteiger partial charge in [-0.1, -0.05) is 12.1 Å². The lowest BCUT2D eigenvalue weighted by atomic mass is 10.1. The SMILES string of the molecule is CS(=O)(=O)Nc1cccc(-c2ccnc(N)c2)c1. The smallest absolute Gasteiger partial charge is 0.229 e. The van der Waals surface area contributed by atoms with Crippen LogP contribution in [0.4, 0.5) is 11.5 Å². The van der Waals surface area contributed by atoms with Gasteiger partial charge >= 0.3 is 0 Å². The highest BCUT2D eigenvalue weighted by Gasteiger charge is 2.04. The van der Waals surface area contributed by atoms with Crippen molar-refractivity contribution < 1.29 is 8.42 Å². The Kier molecular flexibility index (Phi) is 3.20. The molecule has 0 aliphatic rings. The second kappa shape index (κ2) is 4.66. The minimum absolute atomic E-state index is 0.425. The van der Waals surface area contributed by atoms with Crippen LogP contribution in [0.1, 0.15) is 0 Å². The van der Waals surface area contributed by atoms with Gasteiger partial charge < -0.3 is 5.73 Å². The van der Waals surface area contributed by atoms with Gasteiger partial charge in [0.05, 0.1) is 6.26 Å². The van der Waals surface area contributed by atoms with Gasteiger partial charge in [-0.05, 0) is 35.4 Å². The van der Waals surface area contributed by atoms with Gasteiger partial charge in [0.2, 0.25) is 10.0 Å². The molecule has 0 aliphatic carbocycles. The average Bonchev–Trinajstić information content (AvgIpc) is 2.27. The number of nitrogen functional groups attached to an aromatic ring is 1. The van der Waals surface area contributed by atoms with E-state index >= 15 is 0 Å². The van der Waals surface area contributed by atoms with Gasteiger partial charge in [-0.25, -0.2) is 13.4 Å². The number of benzene rings is 1. The Morgan fingerprint density at radius 2 is 1.89 bits per heavy atom. The molecule has 5 nitrogen and oxygen atoms in total. The molecule has 1 aromatic heterocycles. The molecule has 3 N–H and O–H groups in total. The molecule has 1 heterocycles. The molecule has 0 amide bonds. The molecule has 0 bridgehead atoms. The van der Waals surface area contributed by atoms with Crippen LogP contribution in [0.3, 0.4) is 0 Å². The predicted octanol–water partition coefficient (Wildman–Crippen LogP) is 1.70. The molecule has 94 valence electrons. The Bertz CT molecular complexity index is 669. The van der Waals surface area contributed by atoms with Gasteiger partial charge in [-0.3, -0.25) is 4.72 Å². The van der Waals surface area contributed by atoms with Crippen molar-refractivity contribution in [2.45, 2.75) is 0 Å². The van der Waals surface area contributed by atoms with Crippen LogP contribution in [0.2, 0.25) is 0 Å². The van der Waals surface area contributed by atoms with Gasteiger partial charge in [0.1, 0.15) is 5.82 Å². The lowest BCUT2D eigenvalue weighted by molar-refractivity contribution is 0.607. The Balaban J connectivity index is 2.38. The van der Waals surface area contributed by atoms with E-state index in [9.17, 15) is 8.42 Å². The first kappa shape index (κ1) is 12.4. The third kappa shape index (κ3) is 3.21. The Morgan fingerprint density at radius 1 is 1.17 bits per heavy atom. The molecule has 2 aromatic rings. The monoisotopic (exact) mass is 263 g/mol. The van der Waals surface area contributed by atoms with E-state index in [0.717, 1.165) is 17.4 Å². The minimum atomic E-state index is -3.27. The zero-order valence-electron chi connectivity index (χ0n) is 9.79. The van der Waals surface area contributed by atoms with Crippen molar-refractivity contribution in [1.29, 1.82) is 0 Å². The van der Waals surface area contributed by atoms with Crippen LogP contribution in [0.25, 0.3) is 11.1 Å². The summed E-state index contributed by atoms with van der Waals surface area (Å²) in [5.41, 5.74) is 7.89. The molecular formula is C12H13N3O2S. The highest BCUT2D eigenvalue weighted by atomic mass is 32.2.